The number of benzene rings is 2. The largest absolute Gasteiger partial charge is 0.324 e. The molecule has 0 aromatic heterocycles. The first kappa shape index (κ1) is 22.9. The van der Waals surface area contributed by atoms with Gasteiger partial charge in [0, 0.05) is 29.9 Å². The molecule has 166 valence electrons. The predicted octanol–water partition coefficient (Wildman–Crippen LogP) is 4.88. The summed E-state index contributed by atoms with van der Waals surface area (Å²) in [6.45, 7) is 7.75. The van der Waals surface area contributed by atoms with Gasteiger partial charge in [-0.1, -0.05) is 45.0 Å². The Labute approximate surface area is 184 Å². The molecule has 3 rings (SSSR count). The van der Waals surface area contributed by atoms with Crippen molar-refractivity contribution in [3.05, 3.63) is 65.0 Å². The Morgan fingerprint density at radius 3 is 2.23 bits per heavy atom. The fourth-order valence-electron chi connectivity index (χ4n) is 3.80. The maximum Gasteiger partial charge on any atom is 0.324 e. The number of Topliss-reactive ketones (excluding diaryl/α,β-unsaturated/α-hetero) is 1. The van der Waals surface area contributed by atoms with Crippen molar-refractivity contribution in [3.8, 4) is 0 Å². The highest BCUT2D eigenvalue weighted by Gasteiger charge is 2.25. The van der Waals surface area contributed by atoms with Crippen molar-refractivity contribution in [1.29, 1.82) is 0 Å². The summed E-state index contributed by atoms with van der Waals surface area (Å²) >= 11 is 0. The highest BCUT2D eigenvalue weighted by Crippen LogP contribution is 2.27. The molecular weight excluding hydrogens is 393 g/mol. The van der Waals surface area contributed by atoms with Crippen LogP contribution in [0.5, 0.6) is 0 Å². The number of carbonyl (C=O) groups excluding carboxylic acids is 2. The summed E-state index contributed by atoms with van der Waals surface area (Å²) in [5.41, 5.74) is 7.88. The van der Waals surface area contributed by atoms with Crippen LogP contribution in [-0.4, -0.2) is 36.3 Å². The number of hydrogen-bond donors (Lipinski definition) is 1. The molecule has 1 saturated heterocycles. The van der Waals surface area contributed by atoms with E-state index in [4.69, 9.17) is 5.73 Å². The second-order valence-corrected chi connectivity index (χ2v) is 9.15. The molecule has 0 unspecified atom stereocenters. The Bertz CT molecular complexity index is 929. The van der Waals surface area contributed by atoms with Crippen LogP contribution < -0.4 is 10.6 Å². The van der Waals surface area contributed by atoms with E-state index in [2.05, 4.69) is 20.8 Å². The molecule has 2 aromatic rings. The zero-order valence-electron chi connectivity index (χ0n) is 18.7. The number of anilines is 1. The van der Waals surface area contributed by atoms with Crippen LogP contribution in [0.1, 0.15) is 61.5 Å². The standard InChI is InChI=1S/C25H32FN3O2/c1-25(2,3)20-9-11-21(12-10-20)29(24(31)28-13-5-4-6-14-28)17-19-8-7-18(15-22(19)26)23(30)16-27/h7-12,15H,4-6,13-14,16-17,27H2,1-3H3. The van der Waals surface area contributed by atoms with Crippen LogP contribution in [0, 0.1) is 5.82 Å². The molecule has 1 fully saturated rings. The van der Waals surface area contributed by atoms with E-state index in [1.54, 1.807) is 17.0 Å². The molecule has 0 spiro atoms. The van der Waals surface area contributed by atoms with E-state index in [9.17, 15) is 14.0 Å². The smallest absolute Gasteiger partial charge is 0.324 e. The summed E-state index contributed by atoms with van der Waals surface area (Å²) in [4.78, 5) is 28.6. The first-order valence-electron chi connectivity index (χ1n) is 10.9. The SMILES string of the molecule is CC(C)(C)c1ccc(N(Cc2ccc(C(=O)CN)cc2F)C(=O)N2CCCCC2)cc1. The Kier molecular flexibility index (Phi) is 7.11. The number of rotatable bonds is 5. The fourth-order valence-corrected chi connectivity index (χ4v) is 3.80. The van der Waals surface area contributed by atoms with E-state index in [-0.39, 0.29) is 35.9 Å². The Morgan fingerprint density at radius 2 is 1.68 bits per heavy atom. The number of hydrogen-bond acceptors (Lipinski definition) is 3. The van der Waals surface area contributed by atoms with Gasteiger partial charge in [-0.2, -0.15) is 0 Å². The summed E-state index contributed by atoms with van der Waals surface area (Å²) < 4.78 is 14.8. The number of halogens is 1. The van der Waals surface area contributed by atoms with Crippen LogP contribution in [-0.2, 0) is 12.0 Å². The number of urea groups is 1. The van der Waals surface area contributed by atoms with Crippen molar-refractivity contribution in [3.63, 3.8) is 0 Å². The quantitative estimate of drug-likeness (QED) is 0.695. The third-order valence-electron chi connectivity index (χ3n) is 5.79. The molecule has 0 atom stereocenters. The molecule has 1 aliphatic heterocycles. The van der Waals surface area contributed by atoms with Gasteiger partial charge in [-0.15, -0.1) is 0 Å². The van der Waals surface area contributed by atoms with Crippen LogP contribution >= 0.6 is 0 Å². The van der Waals surface area contributed by atoms with Gasteiger partial charge in [0.1, 0.15) is 5.82 Å². The van der Waals surface area contributed by atoms with E-state index in [0.717, 1.165) is 30.5 Å². The lowest BCUT2D eigenvalue weighted by molar-refractivity contribution is 0.100. The summed E-state index contributed by atoms with van der Waals surface area (Å²) in [5, 5.41) is 0. The lowest BCUT2D eigenvalue weighted by atomic mass is 9.87. The maximum atomic E-state index is 14.8. The van der Waals surface area contributed by atoms with Gasteiger partial charge in [0.15, 0.2) is 5.78 Å². The molecule has 0 aliphatic carbocycles. The first-order valence-corrected chi connectivity index (χ1v) is 10.9. The Hall–Kier alpha value is -2.73. The van der Waals surface area contributed by atoms with Crippen molar-refractivity contribution in [1.82, 2.24) is 4.90 Å². The number of likely N-dealkylation sites (tertiary alicyclic amines) is 1. The van der Waals surface area contributed by atoms with Gasteiger partial charge >= 0.3 is 6.03 Å². The molecule has 31 heavy (non-hydrogen) atoms. The molecule has 0 radical (unpaired) electrons. The van der Waals surface area contributed by atoms with E-state index in [1.807, 2.05) is 29.2 Å². The predicted molar refractivity (Wildman–Crippen MR) is 122 cm³/mol. The molecule has 2 N–H and O–H groups in total. The number of amides is 2. The lowest BCUT2D eigenvalue weighted by Gasteiger charge is -2.33. The minimum absolute atomic E-state index is 0.00227. The average molecular weight is 426 g/mol. The summed E-state index contributed by atoms with van der Waals surface area (Å²) in [5.74, 6) is -0.827. The van der Waals surface area contributed by atoms with Crippen molar-refractivity contribution >= 4 is 17.5 Å². The van der Waals surface area contributed by atoms with E-state index < -0.39 is 5.82 Å². The Morgan fingerprint density at radius 1 is 1.03 bits per heavy atom. The zero-order chi connectivity index (χ0) is 22.6. The van der Waals surface area contributed by atoms with Crippen molar-refractivity contribution < 1.29 is 14.0 Å². The molecular formula is C25H32FN3O2. The number of ketones is 1. The summed E-state index contributed by atoms with van der Waals surface area (Å²) in [7, 11) is 0. The van der Waals surface area contributed by atoms with Crippen LogP contribution in [0.4, 0.5) is 14.9 Å². The minimum Gasteiger partial charge on any atom is -0.324 e. The summed E-state index contributed by atoms with van der Waals surface area (Å²) in [6.07, 6.45) is 3.08. The summed E-state index contributed by atoms with van der Waals surface area (Å²) in [6, 6.07) is 12.1. The Balaban J connectivity index is 1.92. The van der Waals surface area contributed by atoms with Gasteiger partial charge in [0.05, 0.1) is 13.1 Å². The molecule has 6 heteroatoms. The normalized spacial score (nSPS) is 14.4. The second-order valence-electron chi connectivity index (χ2n) is 9.15. The fraction of sp³-hybridized carbons (Fsp3) is 0.440. The topological polar surface area (TPSA) is 66.6 Å². The number of nitrogens with zero attached hydrogens (tertiary/aromatic N) is 2. The monoisotopic (exact) mass is 425 g/mol. The number of carbonyl (C=O) groups is 2. The zero-order valence-corrected chi connectivity index (χ0v) is 18.7. The third-order valence-corrected chi connectivity index (χ3v) is 5.79. The van der Waals surface area contributed by atoms with Crippen molar-refractivity contribution in [2.75, 3.05) is 24.5 Å². The third kappa shape index (κ3) is 5.50. The molecule has 1 aliphatic rings. The maximum absolute atomic E-state index is 14.8. The van der Waals surface area contributed by atoms with E-state index >= 15 is 0 Å². The van der Waals surface area contributed by atoms with Gasteiger partial charge in [-0.05, 0) is 48.4 Å². The highest BCUT2D eigenvalue weighted by molar-refractivity contribution is 5.97. The van der Waals surface area contributed by atoms with Crippen LogP contribution in [0.25, 0.3) is 0 Å². The van der Waals surface area contributed by atoms with Crippen LogP contribution in [0.3, 0.4) is 0 Å². The molecule has 2 aromatic carbocycles. The van der Waals surface area contributed by atoms with Crippen molar-refractivity contribution in [2.45, 2.75) is 52.0 Å². The number of piperidine rings is 1. The van der Waals surface area contributed by atoms with Crippen LogP contribution in [0.15, 0.2) is 42.5 Å². The molecule has 1 heterocycles. The van der Waals surface area contributed by atoms with Gasteiger partial charge in [0.25, 0.3) is 0 Å². The average Bonchev–Trinajstić information content (AvgIpc) is 2.77. The molecule has 5 nitrogen and oxygen atoms in total. The van der Waals surface area contributed by atoms with Crippen molar-refractivity contribution in [2.24, 2.45) is 5.73 Å². The lowest BCUT2D eigenvalue weighted by Crippen LogP contribution is -2.45. The second kappa shape index (κ2) is 9.60. The molecule has 0 bridgehead atoms. The molecule has 2 amide bonds. The van der Waals surface area contributed by atoms with E-state index in [0.29, 0.717) is 18.7 Å². The minimum atomic E-state index is -0.512. The van der Waals surface area contributed by atoms with Gasteiger partial charge in [0.2, 0.25) is 0 Å². The molecule has 0 saturated carbocycles. The van der Waals surface area contributed by atoms with E-state index in [1.165, 1.54) is 6.07 Å². The highest BCUT2D eigenvalue weighted by atomic mass is 19.1. The number of nitrogens with two attached hydrogens (primary N) is 1. The van der Waals surface area contributed by atoms with Gasteiger partial charge < -0.3 is 10.6 Å². The van der Waals surface area contributed by atoms with Gasteiger partial charge in [-0.25, -0.2) is 9.18 Å². The first-order chi connectivity index (χ1) is 14.7. The van der Waals surface area contributed by atoms with Crippen LogP contribution in [0.2, 0.25) is 0 Å². The van der Waals surface area contributed by atoms with Gasteiger partial charge in [-0.3, -0.25) is 9.69 Å².